The van der Waals surface area contributed by atoms with E-state index in [0.29, 0.717) is 5.41 Å². The zero-order chi connectivity index (χ0) is 15.5. The second kappa shape index (κ2) is 7.49. The second-order valence-electron chi connectivity index (χ2n) is 8.57. The van der Waals surface area contributed by atoms with E-state index in [0.717, 1.165) is 36.3 Å². The van der Waals surface area contributed by atoms with Crippen molar-refractivity contribution in [2.45, 2.75) is 92.0 Å². The van der Waals surface area contributed by atoms with Crippen molar-refractivity contribution >= 4 is 0 Å². The first kappa shape index (κ1) is 17.3. The van der Waals surface area contributed by atoms with E-state index in [1.807, 2.05) is 0 Å². The lowest BCUT2D eigenvalue weighted by Gasteiger charge is -2.51. The molecule has 5 atom stereocenters. The molecule has 2 aliphatic carbocycles. The van der Waals surface area contributed by atoms with Crippen LogP contribution in [0.25, 0.3) is 0 Å². The van der Waals surface area contributed by atoms with Gasteiger partial charge in [-0.2, -0.15) is 0 Å². The van der Waals surface area contributed by atoms with E-state index in [4.69, 9.17) is 0 Å². The Balaban J connectivity index is 2.14. The molecule has 1 N–H and O–H groups in total. The fraction of sp³-hybridized carbons (Fsp3) is 1.00. The van der Waals surface area contributed by atoms with Crippen LogP contribution in [-0.4, -0.2) is 12.6 Å². The Morgan fingerprint density at radius 2 is 1.67 bits per heavy atom. The molecule has 0 aromatic rings. The molecule has 0 radical (unpaired) electrons. The van der Waals surface area contributed by atoms with Crippen LogP contribution in [-0.2, 0) is 0 Å². The van der Waals surface area contributed by atoms with Gasteiger partial charge in [-0.15, -0.1) is 0 Å². The zero-order valence-electron chi connectivity index (χ0n) is 15.3. The highest BCUT2D eigenvalue weighted by Gasteiger charge is 2.45. The van der Waals surface area contributed by atoms with Crippen LogP contribution in [0, 0.1) is 29.1 Å². The highest BCUT2D eigenvalue weighted by molar-refractivity contribution is 4.97. The summed E-state index contributed by atoms with van der Waals surface area (Å²) in [5.41, 5.74) is 0.508. The van der Waals surface area contributed by atoms with Gasteiger partial charge in [0.25, 0.3) is 0 Å². The van der Waals surface area contributed by atoms with Crippen LogP contribution in [0.15, 0.2) is 0 Å². The van der Waals surface area contributed by atoms with Crippen LogP contribution in [0.1, 0.15) is 86.0 Å². The summed E-state index contributed by atoms with van der Waals surface area (Å²) in [6, 6.07) is 0.758. The third kappa shape index (κ3) is 3.84. The van der Waals surface area contributed by atoms with Crippen molar-refractivity contribution in [3.8, 4) is 0 Å². The largest absolute Gasteiger partial charge is 0.314 e. The standard InChI is InChI=1S/C20H39N/c1-6-16-10-8-9-11-17(16)20(4,5)18-13-12-15(3)14-19(18)21-7-2/h15-19,21H,6-14H2,1-5H3. The maximum atomic E-state index is 3.84. The zero-order valence-corrected chi connectivity index (χ0v) is 15.3. The van der Waals surface area contributed by atoms with E-state index in [1.165, 1.54) is 51.4 Å². The molecule has 2 aliphatic rings. The summed E-state index contributed by atoms with van der Waals surface area (Å²) in [6.45, 7) is 13.5. The number of nitrogens with one attached hydrogen (secondary N) is 1. The molecule has 1 nitrogen and oxygen atoms in total. The molecule has 0 aliphatic heterocycles. The monoisotopic (exact) mass is 293 g/mol. The molecule has 124 valence electrons. The maximum Gasteiger partial charge on any atom is 0.0103 e. The van der Waals surface area contributed by atoms with Crippen molar-refractivity contribution in [3.63, 3.8) is 0 Å². The van der Waals surface area contributed by atoms with Gasteiger partial charge in [-0.25, -0.2) is 0 Å². The maximum absolute atomic E-state index is 3.84. The van der Waals surface area contributed by atoms with Crippen molar-refractivity contribution in [2.24, 2.45) is 29.1 Å². The van der Waals surface area contributed by atoms with Crippen LogP contribution in [0.5, 0.6) is 0 Å². The Kier molecular flexibility index (Phi) is 6.17. The van der Waals surface area contributed by atoms with E-state index in [1.54, 1.807) is 0 Å². The van der Waals surface area contributed by atoms with E-state index < -0.39 is 0 Å². The Morgan fingerprint density at radius 3 is 2.33 bits per heavy atom. The van der Waals surface area contributed by atoms with Crippen LogP contribution >= 0.6 is 0 Å². The van der Waals surface area contributed by atoms with Gasteiger partial charge in [0.05, 0.1) is 0 Å². The predicted octanol–water partition coefficient (Wildman–Crippen LogP) is 5.64. The molecule has 0 saturated heterocycles. The minimum absolute atomic E-state index is 0.508. The third-order valence-corrected chi connectivity index (χ3v) is 6.92. The minimum atomic E-state index is 0.508. The molecule has 0 heterocycles. The van der Waals surface area contributed by atoms with Crippen molar-refractivity contribution < 1.29 is 0 Å². The van der Waals surface area contributed by atoms with Gasteiger partial charge in [0.1, 0.15) is 0 Å². The van der Waals surface area contributed by atoms with E-state index in [9.17, 15) is 0 Å². The van der Waals surface area contributed by atoms with Gasteiger partial charge in [0.2, 0.25) is 0 Å². The van der Waals surface area contributed by atoms with Crippen LogP contribution in [0.4, 0.5) is 0 Å². The quantitative estimate of drug-likeness (QED) is 0.691. The molecule has 2 rings (SSSR count). The predicted molar refractivity (Wildman–Crippen MR) is 93.5 cm³/mol. The van der Waals surface area contributed by atoms with Crippen LogP contribution in [0.3, 0.4) is 0 Å². The number of hydrogen-bond donors (Lipinski definition) is 1. The summed E-state index contributed by atoms with van der Waals surface area (Å²) in [5, 5.41) is 3.84. The Morgan fingerprint density at radius 1 is 0.952 bits per heavy atom. The van der Waals surface area contributed by atoms with Crippen molar-refractivity contribution in [1.82, 2.24) is 5.32 Å². The van der Waals surface area contributed by atoms with Gasteiger partial charge >= 0.3 is 0 Å². The molecule has 2 fully saturated rings. The molecule has 1 heteroatoms. The first-order valence-corrected chi connectivity index (χ1v) is 9.74. The molecule has 0 amide bonds. The highest BCUT2D eigenvalue weighted by Crippen LogP contribution is 2.51. The number of rotatable bonds is 5. The molecule has 21 heavy (non-hydrogen) atoms. The summed E-state index contributed by atoms with van der Waals surface area (Å²) < 4.78 is 0. The average molecular weight is 294 g/mol. The summed E-state index contributed by atoms with van der Waals surface area (Å²) in [5.74, 6) is 3.73. The molecular weight excluding hydrogens is 254 g/mol. The normalized spacial score (nSPS) is 38.4. The third-order valence-electron chi connectivity index (χ3n) is 6.92. The Hall–Kier alpha value is -0.0400. The summed E-state index contributed by atoms with van der Waals surface area (Å²) in [7, 11) is 0. The lowest BCUT2D eigenvalue weighted by atomic mass is 9.55. The van der Waals surface area contributed by atoms with Crippen molar-refractivity contribution in [1.29, 1.82) is 0 Å². The van der Waals surface area contributed by atoms with Crippen molar-refractivity contribution in [3.05, 3.63) is 0 Å². The van der Waals surface area contributed by atoms with Gasteiger partial charge in [0, 0.05) is 6.04 Å². The van der Waals surface area contributed by atoms with Gasteiger partial charge in [-0.3, -0.25) is 0 Å². The lowest BCUT2D eigenvalue weighted by molar-refractivity contribution is -0.00405. The average Bonchev–Trinajstić information content (AvgIpc) is 2.47. The van der Waals surface area contributed by atoms with E-state index in [2.05, 4.69) is 39.9 Å². The van der Waals surface area contributed by atoms with Gasteiger partial charge < -0.3 is 5.32 Å². The Labute approximate surface area is 133 Å². The van der Waals surface area contributed by atoms with Gasteiger partial charge in [-0.05, 0) is 54.9 Å². The molecule has 0 bridgehead atoms. The fourth-order valence-corrected chi connectivity index (χ4v) is 5.71. The minimum Gasteiger partial charge on any atom is -0.314 e. The first-order valence-electron chi connectivity index (χ1n) is 9.74. The van der Waals surface area contributed by atoms with E-state index in [-0.39, 0.29) is 0 Å². The molecular formula is C20H39N. The summed E-state index contributed by atoms with van der Waals surface area (Å²) in [6.07, 6.45) is 11.6. The number of hydrogen-bond acceptors (Lipinski definition) is 1. The summed E-state index contributed by atoms with van der Waals surface area (Å²) in [4.78, 5) is 0. The van der Waals surface area contributed by atoms with Crippen LogP contribution < -0.4 is 5.32 Å². The lowest BCUT2D eigenvalue weighted by Crippen LogP contribution is -2.50. The van der Waals surface area contributed by atoms with E-state index >= 15 is 0 Å². The summed E-state index contributed by atoms with van der Waals surface area (Å²) >= 11 is 0. The fourth-order valence-electron chi connectivity index (χ4n) is 5.71. The highest BCUT2D eigenvalue weighted by atomic mass is 14.9. The first-order chi connectivity index (χ1) is 10.0. The molecule has 2 saturated carbocycles. The molecule has 0 aromatic carbocycles. The van der Waals surface area contributed by atoms with Crippen molar-refractivity contribution in [2.75, 3.05) is 6.54 Å². The van der Waals surface area contributed by atoms with Gasteiger partial charge in [-0.1, -0.05) is 66.7 Å². The SMILES string of the molecule is CCNC1CC(C)CCC1C(C)(C)C1CCCCC1CC. The topological polar surface area (TPSA) is 12.0 Å². The Bertz CT molecular complexity index is 309. The molecule has 0 aromatic heterocycles. The molecule has 0 spiro atoms. The second-order valence-corrected chi connectivity index (χ2v) is 8.57. The molecule has 5 unspecified atom stereocenters. The van der Waals surface area contributed by atoms with Gasteiger partial charge in [0.15, 0.2) is 0 Å². The van der Waals surface area contributed by atoms with Crippen LogP contribution in [0.2, 0.25) is 0 Å². The smallest absolute Gasteiger partial charge is 0.0103 e.